The highest BCUT2D eigenvalue weighted by Crippen LogP contribution is 2.28. The Labute approximate surface area is 165 Å². The van der Waals surface area contributed by atoms with Crippen molar-refractivity contribution in [2.75, 3.05) is 6.61 Å². The smallest absolute Gasteiger partial charge is 0.160 e. The molecule has 136 valence electrons. The van der Waals surface area contributed by atoms with Gasteiger partial charge in [0.15, 0.2) is 5.82 Å². The van der Waals surface area contributed by atoms with Gasteiger partial charge in [0.1, 0.15) is 12.4 Å². The van der Waals surface area contributed by atoms with E-state index in [4.69, 9.17) is 14.7 Å². The molecule has 0 aliphatic rings. The van der Waals surface area contributed by atoms with Crippen LogP contribution in [0.25, 0.3) is 33.9 Å². The van der Waals surface area contributed by atoms with Crippen molar-refractivity contribution in [3.05, 3.63) is 104 Å². The molecule has 0 atom stereocenters. The Hall–Kier alpha value is -3.72. The van der Waals surface area contributed by atoms with E-state index in [1.165, 1.54) is 0 Å². The monoisotopic (exact) mass is 364 g/mol. The third kappa shape index (κ3) is 3.99. The average Bonchev–Trinajstić information content (AvgIpc) is 2.79. The van der Waals surface area contributed by atoms with Gasteiger partial charge in [-0.2, -0.15) is 0 Å². The molecule has 3 heteroatoms. The van der Waals surface area contributed by atoms with Crippen molar-refractivity contribution >= 4 is 0 Å². The van der Waals surface area contributed by atoms with E-state index in [9.17, 15) is 0 Å². The summed E-state index contributed by atoms with van der Waals surface area (Å²) in [7, 11) is 0. The van der Waals surface area contributed by atoms with Crippen molar-refractivity contribution in [3.8, 4) is 39.7 Å². The molecule has 0 radical (unpaired) electrons. The first-order valence-electron chi connectivity index (χ1n) is 9.17. The van der Waals surface area contributed by atoms with Gasteiger partial charge >= 0.3 is 0 Å². The van der Waals surface area contributed by atoms with Gasteiger partial charge in [0.25, 0.3) is 0 Å². The molecule has 0 aliphatic heterocycles. The van der Waals surface area contributed by atoms with Crippen LogP contribution in [0.5, 0.6) is 5.75 Å². The van der Waals surface area contributed by atoms with Gasteiger partial charge in [-0.15, -0.1) is 0 Å². The summed E-state index contributed by atoms with van der Waals surface area (Å²) in [6.07, 6.45) is 1.73. The first kappa shape index (κ1) is 17.7. The molecule has 0 aliphatic carbocycles. The zero-order valence-corrected chi connectivity index (χ0v) is 15.5. The molecule has 0 saturated carbocycles. The Morgan fingerprint density at radius 1 is 0.679 bits per heavy atom. The van der Waals surface area contributed by atoms with Gasteiger partial charge in [-0.1, -0.05) is 73.3 Å². The van der Waals surface area contributed by atoms with Crippen molar-refractivity contribution in [1.82, 2.24) is 9.97 Å². The molecule has 1 heterocycles. The van der Waals surface area contributed by atoms with E-state index in [0.717, 1.165) is 33.8 Å². The summed E-state index contributed by atoms with van der Waals surface area (Å²) in [6, 6.07) is 30.2. The lowest BCUT2D eigenvalue weighted by atomic mass is 10.1. The molecule has 0 saturated heterocycles. The molecule has 3 nitrogen and oxygen atoms in total. The van der Waals surface area contributed by atoms with Crippen molar-refractivity contribution in [3.63, 3.8) is 0 Å². The summed E-state index contributed by atoms with van der Waals surface area (Å²) in [4.78, 5) is 9.65. The second-order valence-electron chi connectivity index (χ2n) is 6.32. The Bertz CT molecular complexity index is 1000. The summed E-state index contributed by atoms with van der Waals surface area (Å²) >= 11 is 0. The minimum absolute atomic E-state index is 0.484. The van der Waals surface area contributed by atoms with E-state index >= 15 is 0 Å². The van der Waals surface area contributed by atoms with Crippen molar-refractivity contribution < 1.29 is 4.74 Å². The predicted molar refractivity (Wildman–Crippen MR) is 114 cm³/mol. The highest BCUT2D eigenvalue weighted by atomic mass is 16.5. The molecule has 4 aromatic rings. The standard InChI is InChI=1S/C25H20N2O/c1-2-17-28-22-15-13-21(14-16-22)25-26-23(19-9-5-3-6-10-19)18-24(27-25)20-11-7-4-8-12-20/h2-16,18H,1,17H2. The van der Waals surface area contributed by atoms with Crippen LogP contribution in [0.1, 0.15) is 0 Å². The molecular weight excluding hydrogens is 344 g/mol. The third-order valence-electron chi connectivity index (χ3n) is 4.35. The quantitative estimate of drug-likeness (QED) is 0.391. The van der Waals surface area contributed by atoms with E-state index in [2.05, 4.69) is 30.8 Å². The number of hydrogen-bond acceptors (Lipinski definition) is 3. The van der Waals surface area contributed by atoms with Gasteiger partial charge in [-0.25, -0.2) is 9.97 Å². The van der Waals surface area contributed by atoms with Crippen LogP contribution in [0, 0.1) is 0 Å². The van der Waals surface area contributed by atoms with E-state index in [0.29, 0.717) is 12.4 Å². The Morgan fingerprint density at radius 2 is 1.21 bits per heavy atom. The van der Waals surface area contributed by atoms with Crippen LogP contribution in [-0.4, -0.2) is 16.6 Å². The lowest BCUT2D eigenvalue weighted by Crippen LogP contribution is -1.96. The first-order chi connectivity index (χ1) is 13.8. The minimum Gasteiger partial charge on any atom is -0.490 e. The van der Waals surface area contributed by atoms with Crippen LogP contribution in [-0.2, 0) is 0 Å². The molecule has 28 heavy (non-hydrogen) atoms. The van der Waals surface area contributed by atoms with Gasteiger partial charge in [-0.3, -0.25) is 0 Å². The number of benzene rings is 3. The zero-order chi connectivity index (χ0) is 19.2. The van der Waals surface area contributed by atoms with Crippen LogP contribution >= 0.6 is 0 Å². The highest BCUT2D eigenvalue weighted by Gasteiger charge is 2.10. The molecule has 0 bridgehead atoms. The minimum atomic E-state index is 0.484. The lowest BCUT2D eigenvalue weighted by Gasteiger charge is -2.10. The fourth-order valence-electron chi connectivity index (χ4n) is 2.95. The molecule has 0 spiro atoms. The topological polar surface area (TPSA) is 35.0 Å². The average molecular weight is 364 g/mol. The van der Waals surface area contributed by atoms with E-state index in [1.807, 2.05) is 66.7 Å². The molecule has 0 fully saturated rings. The predicted octanol–water partition coefficient (Wildman–Crippen LogP) is 6.04. The van der Waals surface area contributed by atoms with Crippen LogP contribution in [0.2, 0.25) is 0 Å². The molecule has 0 amide bonds. The second kappa shape index (κ2) is 8.31. The second-order valence-corrected chi connectivity index (χ2v) is 6.32. The molecule has 1 aromatic heterocycles. The van der Waals surface area contributed by atoms with E-state index < -0.39 is 0 Å². The van der Waals surface area contributed by atoms with Crippen molar-refractivity contribution in [1.29, 1.82) is 0 Å². The van der Waals surface area contributed by atoms with Crippen LogP contribution in [0.3, 0.4) is 0 Å². The zero-order valence-electron chi connectivity index (χ0n) is 15.5. The maximum Gasteiger partial charge on any atom is 0.160 e. The van der Waals surface area contributed by atoms with Gasteiger partial charge < -0.3 is 4.74 Å². The molecule has 4 rings (SSSR count). The lowest BCUT2D eigenvalue weighted by molar-refractivity contribution is 0.363. The summed E-state index contributed by atoms with van der Waals surface area (Å²) in [6.45, 7) is 4.16. The first-order valence-corrected chi connectivity index (χ1v) is 9.17. The van der Waals surface area contributed by atoms with Crippen LogP contribution in [0.15, 0.2) is 104 Å². The van der Waals surface area contributed by atoms with Crippen LogP contribution in [0.4, 0.5) is 0 Å². The molecular formula is C25H20N2O. The maximum atomic E-state index is 5.57. The summed E-state index contributed by atoms with van der Waals surface area (Å²) < 4.78 is 5.57. The number of nitrogens with zero attached hydrogens (tertiary/aromatic N) is 2. The fourth-order valence-corrected chi connectivity index (χ4v) is 2.95. The number of ether oxygens (including phenoxy) is 1. The van der Waals surface area contributed by atoms with Gasteiger partial charge in [-0.05, 0) is 30.3 Å². The Morgan fingerprint density at radius 3 is 1.71 bits per heavy atom. The SMILES string of the molecule is C=CCOc1ccc(-c2nc(-c3ccccc3)cc(-c3ccccc3)n2)cc1. The molecule has 0 unspecified atom stereocenters. The largest absolute Gasteiger partial charge is 0.490 e. The number of hydrogen-bond donors (Lipinski definition) is 0. The summed E-state index contributed by atoms with van der Waals surface area (Å²) in [5.41, 5.74) is 4.87. The third-order valence-corrected chi connectivity index (χ3v) is 4.35. The van der Waals surface area contributed by atoms with Gasteiger partial charge in [0, 0.05) is 16.7 Å². The summed E-state index contributed by atoms with van der Waals surface area (Å²) in [5.74, 6) is 1.49. The fraction of sp³-hybridized carbons (Fsp3) is 0.0400. The van der Waals surface area contributed by atoms with Gasteiger partial charge in [0.2, 0.25) is 0 Å². The van der Waals surface area contributed by atoms with E-state index in [-0.39, 0.29) is 0 Å². The van der Waals surface area contributed by atoms with Crippen molar-refractivity contribution in [2.45, 2.75) is 0 Å². The maximum absolute atomic E-state index is 5.57. The number of rotatable bonds is 6. The van der Waals surface area contributed by atoms with Crippen molar-refractivity contribution in [2.24, 2.45) is 0 Å². The highest BCUT2D eigenvalue weighted by molar-refractivity contribution is 5.71. The number of aromatic nitrogens is 2. The van der Waals surface area contributed by atoms with Crippen LogP contribution < -0.4 is 4.74 Å². The molecule has 3 aromatic carbocycles. The molecule has 0 N–H and O–H groups in total. The van der Waals surface area contributed by atoms with Gasteiger partial charge in [0.05, 0.1) is 11.4 Å². The van der Waals surface area contributed by atoms with E-state index in [1.54, 1.807) is 6.08 Å². The Balaban J connectivity index is 1.79. The normalized spacial score (nSPS) is 10.4. The summed E-state index contributed by atoms with van der Waals surface area (Å²) in [5, 5.41) is 0. The Kier molecular flexibility index (Phi) is 5.25.